The van der Waals surface area contributed by atoms with E-state index in [1.165, 1.54) is 16.6 Å². The van der Waals surface area contributed by atoms with E-state index in [4.69, 9.17) is 0 Å². The summed E-state index contributed by atoms with van der Waals surface area (Å²) in [7, 11) is -8.54. The number of aromatic nitrogens is 1. The van der Waals surface area contributed by atoms with E-state index in [0.717, 1.165) is 12.1 Å². The minimum atomic E-state index is -10.7. The number of hydrogen-bond donors (Lipinski definition) is 0. The zero-order chi connectivity index (χ0) is 16.7. The van der Waals surface area contributed by atoms with Crippen LogP contribution >= 0.6 is 7.81 Å². The second-order valence-electron chi connectivity index (χ2n) is 4.81. The molecule has 1 aromatic heterocycles. The number of halogens is 6. The molecule has 0 saturated carbocycles. The van der Waals surface area contributed by atoms with Crippen LogP contribution in [0, 0.1) is 0 Å². The number of fused-ring (bicyclic) bond motifs is 3. The van der Waals surface area contributed by atoms with Gasteiger partial charge in [0.25, 0.3) is 0 Å². The average molecular weight is 342 g/mol. The standard InChI is InChI=1S/C13H12N2.F6P/c1-15-9-3-4-10-6-7-12-11(13(10)15)5-2-8-14-12;1-7(2,3,4,5)6/h2-8H,9H2,1H3;/q;-1/p+1. The molecule has 0 unspecified atom stereocenters. The van der Waals surface area contributed by atoms with E-state index in [2.05, 4.69) is 47.3 Å². The summed E-state index contributed by atoms with van der Waals surface area (Å²) in [6.07, 6.45) is 6.21. The fourth-order valence-electron chi connectivity index (χ4n) is 2.14. The summed E-state index contributed by atoms with van der Waals surface area (Å²) in [5.74, 6) is 0. The van der Waals surface area contributed by atoms with Crippen LogP contribution in [0.25, 0.3) is 17.0 Å². The summed E-state index contributed by atoms with van der Waals surface area (Å²) in [6.45, 7) is 0.973. The molecule has 0 spiro atoms. The number of nitrogens with zero attached hydrogens (tertiary/aromatic N) is 2. The van der Waals surface area contributed by atoms with Crippen molar-refractivity contribution in [3.05, 3.63) is 42.1 Å². The Morgan fingerprint density at radius 2 is 1.73 bits per heavy atom. The Kier molecular flexibility index (Phi) is 3.45. The molecule has 0 saturated heterocycles. The molecule has 2 heterocycles. The molecule has 0 radical (unpaired) electrons. The fourth-order valence-corrected chi connectivity index (χ4v) is 2.14. The van der Waals surface area contributed by atoms with Gasteiger partial charge in [-0.15, -0.1) is 0 Å². The molecule has 22 heavy (non-hydrogen) atoms. The molecule has 0 N–H and O–H groups in total. The van der Waals surface area contributed by atoms with Crippen molar-refractivity contribution in [2.75, 3.05) is 18.5 Å². The molecule has 0 fully saturated rings. The van der Waals surface area contributed by atoms with Gasteiger partial charge in [0.1, 0.15) is 0 Å². The Labute approximate surface area is 123 Å². The molecule has 3 rings (SSSR count). The number of likely N-dealkylation sites (N-methyl/N-ethyl adjacent to an activating group) is 1. The number of hydrogen-bond acceptors (Lipinski definition) is 2. The monoisotopic (exact) mass is 342 g/mol. The van der Waals surface area contributed by atoms with E-state index in [9.17, 15) is 25.2 Å². The van der Waals surface area contributed by atoms with Crippen LogP contribution < -0.4 is 4.90 Å². The molecule has 2 nitrogen and oxygen atoms in total. The Morgan fingerprint density at radius 1 is 1.09 bits per heavy atom. The van der Waals surface area contributed by atoms with Crippen molar-refractivity contribution in [2.24, 2.45) is 0 Å². The van der Waals surface area contributed by atoms with Crippen molar-refractivity contribution in [3.63, 3.8) is 0 Å². The van der Waals surface area contributed by atoms with Gasteiger partial charge in [0.05, 0.1) is 11.2 Å². The Hall–Kier alpha value is -1.82. The summed E-state index contributed by atoms with van der Waals surface area (Å²) in [4.78, 5) is 6.64. The van der Waals surface area contributed by atoms with Gasteiger partial charge in [-0.3, -0.25) is 4.98 Å². The second kappa shape index (κ2) is 4.59. The summed E-state index contributed by atoms with van der Waals surface area (Å²) in [5.41, 5.74) is 3.64. The molecule has 0 amide bonds. The van der Waals surface area contributed by atoms with E-state index in [0.29, 0.717) is 0 Å². The van der Waals surface area contributed by atoms with E-state index >= 15 is 0 Å². The number of pyridine rings is 1. The Morgan fingerprint density at radius 3 is 2.36 bits per heavy atom. The van der Waals surface area contributed by atoms with Gasteiger partial charge >= 0.3 is 34.4 Å². The van der Waals surface area contributed by atoms with Crippen LogP contribution in [0.2, 0.25) is 0 Å². The number of benzene rings is 1. The summed E-state index contributed by atoms with van der Waals surface area (Å²) in [6, 6.07) is 8.35. The summed E-state index contributed by atoms with van der Waals surface area (Å²) < 4.78 is 59.2. The molecule has 1 aliphatic rings. The molecule has 1 aliphatic heterocycles. The van der Waals surface area contributed by atoms with Crippen molar-refractivity contribution in [1.82, 2.24) is 4.98 Å². The van der Waals surface area contributed by atoms with Crippen molar-refractivity contribution >= 4 is 30.5 Å². The first-order valence-corrected chi connectivity index (χ1v) is 8.16. The van der Waals surface area contributed by atoms with Crippen molar-refractivity contribution < 1.29 is 26.6 Å². The summed E-state index contributed by atoms with van der Waals surface area (Å²) in [5, 5.41) is 1.24. The van der Waals surface area contributed by atoms with E-state index < -0.39 is 7.81 Å². The zero-order valence-corrected chi connectivity index (χ0v) is 12.3. The molecule has 1 aromatic carbocycles. The number of anilines is 1. The van der Waals surface area contributed by atoms with Crippen LogP contribution in [0.15, 0.2) is 36.5 Å². The quantitative estimate of drug-likeness (QED) is 0.419. The largest absolute Gasteiger partial charge is 1.00 e. The average Bonchev–Trinajstić information content (AvgIpc) is 2.35. The molecule has 2 aromatic rings. The smallest absolute Gasteiger partial charge is 1.00 e. The number of rotatable bonds is 0. The van der Waals surface area contributed by atoms with Gasteiger partial charge in [-0.2, -0.15) is 0 Å². The van der Waals surface area contributed by atoms with Crippen LogP contribution in [-0.4, -0.2) is 18.6 Å². The Balaban J connectivity index is 0.000000287. The summed E-state index contributed by atoms with van der Waals surface area (Å²) >= 11 is 0. The molecule has 122 valence electrons. The molecule has 9 heteroatoms. The maximum absolute atomic E-state index is 10.7. The van der Waals surface area contributed by atoms with Crippen LogP contribution in [0.5, 0.6) is 0 Å². The molecular weight excluding hydrogens is 329 g/mol. The van der Waals surface area contributed by atoms with Gasteiger partial charge in [-0.1, -0.05) is 18.2 Å². The predicted octanol–water partition coefficient (Wildman–Crippen LogP) is 6.19. The maximum Gasteiger partial charge on any atom is 1.00 e. The topological polar surface area (TPSA) is 16.1 Å². The van der Waals surface area contributed by atoms with Crippen LogP contribution in [-0.2, 0) is 0 Å². The van der Waals surface area contributed by atoms with E-state index in [-0.39, 0.29) is 1.43 Å². The molecule has 0 atom stereocenters. The third kappa shape index (κ3) is 5.18. The van der Waals surface area contributed by atoms with Gasteiger partial charge in [0, 0.05) is 25.2 Å². The van der Waals surface area contributed by atoms with Gasteiger partial charge in [-0.05, 0) is 23.8 Å². The first-order valence-electron chi connectivity index (χ1n) is 6.13. The van der Waals surface area contributed by atoms with E-state index in [1.807, 2.05) is 12.3 Å². The molecule has 0 bridgehead atoms. The molecule has 0 aliphatic carbocycles. The van der Waals surface area contributed by atoms with Crippen molar-refractivity contribution in [3.8, 4) is 0 Å². The van der Waals surface area contributed by atoms with Crippen LogP contribution in [0.1, 0.15) is 6.99 Å². The normalized spacial score (nSPS) is 17.1. The van der Waals surface area contributed by atoms with Gasteiger partial charge < -0.3 is 4.90 Å². The third-order valence-electron chi connectivity index (χ3n) is 2.85. The third-order valence-corrected chi connectivity index (χ3v) is 2.85. The van der Waals surface area contributed by atoms with Gasteiger partial charge in [0.2, 0.25) is 0 Å². The van der Waals surface area contributed by atoms with E-state index in [1.54, 1.807) is 0 Å². The van der Waals surface area contributed by atoms with Crippen LogP contribution in [0.4, 0.5) is 30.9 Å². The first-order chi connectivity index (χ1) is 9.81. The second-order valence-corrected chi connectivity index (χ2v) is 6.73. The zero-order valence-electron chi connectivity index (χ0n) is 12.4. The van der Waals surface area contributed by atoms with Crippen LogP contribution in [0.3, 0.4) is 0 Å². The minimum Gasteiger partial charge on any atom is 1.00 e. The van der Waals surface area contributed by atoms with Gasteiger partial charge in [0.15, 0.2) is 0 Å². The predicted molar refractivity (Wildman–Crippen MR) is 78.7 cm³/mol. The first kappa shape index (κ1) is 16.5. The molecular formula is C13H13F6N2P. The van der Waals surface area contributed by atoms with Crippen molar-refractivity contribution in [2.45, 2.75) is 0 Å². The van der Waals surface area contributed by atoms with Crippen molar-refractivity contribution in [1.29, 1.82) is 0 Å². The Bertz CT molecular complexity index is 734. The SMILES string of the molecule is CN1CC=Cc2ccc3ncccc3c21.F[P-](F)(F)(F)(F)F.[H+]. The van der Waals surface area contributed by atoms with Gasteiger partial charge in [-0.25, -0.2) is 0 Å². The maximum atomic E-state index is 9.87. The minimum absolute atomic E-state index is 0. The fraction of sp³-hybridized carbons (Fsp3) is 0.154.